The number of nitrogens with one attached hydrogen (secondary N) is 1. The molecule has 2 aliphatic carbocycles. The fraction of sp³-hybridized carbons (Fsp3) is 0.579. The summed E-state index contributed by atoms with van der Waals surface area (Å²) >= 11 is 0. The Morgan fingerprint density at radius 2 is 1.88 bits per heavy atom. The van der Waals surface area contributed by atoms with Gasteiger partial charge in [0.15, 0.2) is 6.61 Å². The van der Waals surface area contributed by atoms with Gasteiger partial charge in [-0.05, 0) is 43.4 Å². The summed E-state index contributed by atoms with van der Waals surface area (Å²) in [6, 6.07) is 6.37. The van der Waals surface area contributed by atoms with Gasteiger partial charge in [-0.15, -0.1) is 0 Å². The van der Waals surface area contributed by atoms with Crippen molar-refractivity contribution in [3.05, 3.63) is 35.6 Å². The van der Waals surface area contributed by atoms with E-state index < -0.39 is 11.4 Å². The number of amides is 1. The summed E-state index contributed by atoms with van der Waals surface area (Å²) in [7, 11) is 0. The minimum atomic E-state index is -0.810. The number of benzene rings is 1. The third-order valence-corrected chi connectivity index (χ3v) is 5.28. The second-order valence-corrected chi connectivity index (χ2v) is 6.92. The number of rotatable bonds is 5. The molecule has 2 aliphatic rings. The molecular weight excluding hydrogens is 309 g/mol. The standard InChI is InChI=1S/C19H24FNO3/c20-15-7-5-6-14(12-15)19(10-3-4-11-19)18(23)24-13-17(22)21-16-8-1-2-9-16/h5-7,12,16H,1-4,8-11,13H2,(H,21,22). The molecule has 2 fully saturated rings. The van der Waals surface area contributed by atoms with Crippen LogP contribution >= 0.6 is 0 Å². The molecule has 0 radical (unpaired) electrons. The maximum absolute atomic E-state index is 13.6. The Bertz CT molecular complexity index is 604. The van der Waals surface area contributed by atoms with Gasteiger partial charge in [0.05, 0.1) is 5.41 Å². The predicted octanol–water partition coefficient (Wildman–Crippen LogP) is 3.24. The summed E-state index contributed by atoms with van der Waals surface area (Å²) < 4.78 is 18.9. The molecule has 1 amide bonds. The van der Waals surface area contributed by atoms with E-state index in [1.54, 1.807) is 12.1 Å². The maximum atomic E-state index is 13.6. The van der Waals surface area contributed by atoms with E-state index in [0.29, 0.717) is 18.4 Å². The zero-order valence-electron chi connectivity index (χ0n) is 13.9. The summed E-state index contributed by atoms with van der Waals surface area (Å²) in [5.74, 6) is -1.01. The summed E-state index contributed by atoms with van der Waals surface area (Å²) in [6.07, 6.45) is 7.33. The first-order valence-corrected chi connectivity index (χ1v) is 8.83. The zero-order valence-corrected chi connectivity index (χ0v) is 13.9. The van der Waals surface area contributed by atoms with Crippen molar-refractivity contribution in [2.75, 3.05) is 6.61 Å². The normalized spacial score (nSPS) is 20.0. The highest BCUT2D eigenvalue weighted by atomic mass is 19.1. The van der Waals surface area contributed by atoms with Gasteiger partial charge in [-0.2, -0.15) is 0 Å². The van der Waals surface area contributed by atoms with E-state index in [2.05, 4.69) is 5.32 Å². The molecule has 0 bridgehead atoms. The van der Waals surface area contributed by atoms with Crippen molar-refractivity contribution in [3.63, 3.8) is 0 Å². The van der Waals surface area contributed by atoms with Crippen molar-refractivity contribution in [3.8, 4) is 0 Å². The number of hydrogen-bond acceptors (Lipinski definition) is 3. The van der Waals surface area contributed by atoms with Crippen molar-refractivity contribution in [1.82, 2.24) is 5.32 Å². The molecule has 0 heterocycles. The van der Waals surface area contributed by atoms with E-state index in [-0.39, 0.29) is 24.4 Å². The molecule has 0 saturated heterocycles. The van der Waals surface area contributed by atoms with Gasteiger partial charge in [0.1, 0.15) is 5.82 Å². The molecule has 0 atom stereocenters. The van der Waals surface area contributed by atoms with Crippen LogP contribution in [0, 0.1) is 5.82 Å². The molecule has 1 aromatic rings. The van der Waals surface area contributed by atoms with Crippen LogP contribution in [0.25, 0.3) is 0 Å². The Morgan fingerprint density at radius 1 is 1.17 bits per heavy atom. The van der Waals surface area contributed by atoms with Gasteiger partial charge < -0.3 is 10.1 Å². The monoisotopic (exact) mass is 333 g/mol. The SMILES string of the molecule is O=C(COC(=O)C1(c2cccc(F)c2)CCCC1)NC1CCCC1. The van der Waals surface area contributed by atoms with Gasteiger partial charge in [0.2, 0.25) is 0 Å². The van der Waals surface area contributed by atoms with E-state index >= 15 is 0 Å². The van der Waals surface area contributed by atoms with Gasteiger partial charge >= 0.3 is 5.97 Å². The molecule has 0 spiro atoms. The Labute approximate surface area is 141 Å². The average molecular weight is 333 g/mol. The average Bonchev–Trinajstić information content (AvgIpc) is 3.25. The Morgan fingerprint density at radius 3 is 2.54 bits per heavy atom. The van der Waals surface area contributed by atoms with Crippen molar-refractivity contribution in [2.24, 2.45) is 0 Å². The van der Waals surface area contributed by atoms with Crippen molar-refractivity contribution in [2.45, 2.75) is 62.8 Å². The number of hydrogen-bond donors (Lipinski definition) is 1. The molecule has 0 aromatic heterocycles. The fourth-order valence-corrected chi connectivity index (χ4v) is 3.98. The number of carbonyl (C=O) groups excluding carboxylic acids is 2. The van der Waals surface area contributed by atoms with Gasteiger partial charge in [-0.25, -0.2) is 4.39 Å². The van der Waals surface area contributed by atoms with E-state index in [1.807, 2.05) is 0 Å². The number of carbonyl (C=O) groups is 2. The second kappa shape index (κ2) is 7.32. The smallest absolute Gasteiger partial charge is 0.317 e. The first-order valence-electron chi connectivity index (χ1n) is 8.83. The molecule has 130 valence electrons. The van der Waals surface area contributed by atoms with Gasteiger partial charge in [-0.3, -0.25) is 9.59 Å². The Hall–Kier alpha value is -1.91. The minimum Gasteiger partial charge on any atom is -0.455 e. The van der Waals surface area contributed by atoms with Crippen LogP contribution in [0.15, 0.2) is 24.3 Å². The lowest BCUT2D eigenvalue weighted by Gasteiger charge is -2.27. The molecule has 1 N–H and O–H groups in total. The number of halogens is 1. The van der Waals surface area contributed by atoms with Crippen molar-refractivity contribution >= 4 is 11.9 Å². The summed E-state index contributed by atoms with van der Waals surface area (Å²) in [6.45, 7) is -0.258. The molecule has 5 heteroatoms. The summed E-state index contributed by atoms with van der Waals surface area (Å²) in [4.78, 5) is 24.7. The lowest BCUT2D eigenvalue weighted by atomic mass is 9.79. The van der Waals surface area contributed by atoms with Crippen LogP contribution in [0.1, 0.15) is 56.9 Å². The van der Waals surface area contributed by atoms with Crippen molar-refractivity contribution in [1.29, 1.82) is 0 Å². The number of esters is 1. The lowest BCUT2D eigenvalue weighted by Crippen LogP contribution is -2.40. The highest BCUT2D eigenvalue weighted by Crippen LogP contribution is 2.42. The van der Waals surface area contributed by atoms with Crippen LogP contribution < -0.4 is 5.32 Å². The van der Waals surface area contributed by atoms with Crippen LogP contribution in [-0.4, -0.2) is 24.5 Å². The molecule has 0 aliphatic heterocycles. The first kappa shape index (κ1) is 16.9. The van der Waals surface area contributed by atoms with Crippen LogP contribution in [0.4, 0.5) is 4.39 Å². The van der Waals surface area contributed by atoms with E-state index in [1.165, 1.54) is 12.1 Å². The lowest BCUT2D eigenvalue weighted by molar-refractivity contribution is -0.154. The third kappa shape index (κ3) is 3.60. The molecular formula is C19H24FNO3. The van der Waals surface area contributed by atoms with E-state index in [4.69, 9.17) is 4.74 Å². The third-order valence-electron chi connectivity index (χ3n) is 5.28. The van der Waals surface area contributed by atoms with Crippen LogP contribution in [0.3, 0.4) is 0 Å². The second-order valence-electron chi connectivity index (χ2n) is 6.92. The van der Waals surface area contributed by atoms with Crippen LogP contribution in [0.5, 0.6) is 0 Å². The largest absolute Gasteiger partial charge is 0.455 e. The highest BCUT2D eigenvalue weighted by Gasteiger charge is 2.44. The maximum Gasteiger partial charge on any atom is 0.317 e. The zero-order chi connectivity index (χ0) is 17.0. The van der Waals surface area contributed by atoms with Crippen LogP contribution in [-0.2, 0) is 19.7 Å². The highest BCUT2D eigenvalue weighted by molar-refractivity contribution is 5.86. The predicted molar refractivity (Wildman–Crippen MR) is 87.9 cm³/mol. The molecule has 2 saturated carbocycles. The minimum absolute atomic E-state index is 0.208. The van der Waals surface area contributed by atoms with Gasteiger partial charge in [0.25, 0.3) is 5.91 Å². The fourth-order valence-electron chi connectivity index (χ4n) is 3.98. The summed E-state index contributed by atoms with van der Waals surface area (Å²) in [5, 5.41) is 2.91. The number of ether oxygens (including phenoxy) is 1. The Balaban J connectivity index is 1.63. The quantitative estimate of drug-likeness (QED) is 0.842. The topological polar surface area (TPSA) is 55.4 Å². The molecule has 3 rings (SSSR count). The van der Waals surface area contributed by atoms with Gasteiger partial charge in [0, 0.05) is 6.04 Å². The first-order chi connectivity index (χ1) is 11.6. The van der Waals surface area contributed by atoms with Gasteiger partial charge in [-0.1, -0.05) is 37.8 Å². The summed E-state index contributed by atoms with van der Waals surface area (Å²) in [5.41, 5.74) is -0.156. The molecule has 0 unspecified atom stereocenters. The van der Waals surface area contributed by atoms with E-state index in [0.717, 1.165) is 38.5 Å². The molecule has 24 heavy (non-hydrogen) atoms. The molecule has 4 nitrogen and oxygen atoms in total. The Kier molecular flexibility index (Phi) is 5.17. The van der Waals surface area contributed by atoms with Crippen molar-refractivity contribution < 1.29 is 18.7 Å². The van der Waals surface area contributed by atoms with Crippen LogP contribution in [0.2, 0.25) is 0 Å². The van der Waals surface area contributed by atoms with E-state index in [9.17, 15) is 14.0 Å². The molecule has 1 aromatic carbocycles.